The molecule has 1 fully saturated rings. The topological polar surface area (TPSA) is 170 Å². The van der Waals surface area contributed by atoms with Gasteiger partial charge >= 0.3 is 19.6 Å². The van der Waals surface area contributed by atoms with Crippen molar-refractivity contribution in [1.82, 2.24) is 9.55 Å². The van der Waals surface area contributed by atoms with Crippen LogP contribution in [0.15, 0.2) is 39.7 Å². The number of anilines is 1. The molecular weight excluding hydrogens is 551 g/mol. The van der Waals surface area contributed by atoms with E-state index in [-0.39, 0.29) is 18.2 Å². The number of rotatable bonds is 10. The van der Waals surface area contributed by atoms with Gasteiger partial charge < -0.3 is 28.3 Å². The van der Waals surface area contributed by atoms with E-state index in [1.807, 2.05) is 0 Å². The van der Waals surface area contributed by atoms with Crippen molar-refractivity contribution in [1.29, 1.82) is 0 Å². The van der Waals surface area contributed by atoms with Crippen molar-refractivity contribution in [3.63, 3.8) is 0 Å². The molecule has 3 aromatic rings. The molecule has 0 bridgehead atoms. The van der Waals surface area contributed by atoms with Gasteiger partial charge in [0.05, 0.1) is 26.9 Å². The molecule has 4 rings (SSSR count). The molecular formula is C22H24F2N3O11P. The van der Waals surface area contributed by atoms with E-state index in [4.69, 9.17) is 23.4 Å². The van der Waals surface area contributed by atoms with Crippen molar-refractivity contribution in [3.05, 3.63) is 46.7 Å². The lowest BCUT2D eigenvalue weighted by Gasteiger charge is -2.20. The molecule has 1 unspecified atom stereocenters. The maximum atomic E-state index is 14.5. The lowest BCUT2D eigenvalue weighted by molar-refractivity contribution is -0.120. The van der Waals surface area contributed by atoms with Gasteiger partial charge in [-0.2, -0.15) is 4.98 Å². The second kappa shape index (κ2) is 11.3. The van der Waals surface area contributed by atoms with Gasteiger partial charge in [-0.25, -0.2) is 22.9 Å². The highest BCUT2D eigenvalue weighted by Crippen LogP contribution is 2.46. The average molecular weight is 575 g/mol. The summed E-state index contributed by atoms with van der Waals surface area (Å²) >= 11 is 0. The summed E-state index contributed by atoms with van der Waals surface area (Å²) in [4.78, 5) is 37.5. The number of phosphoric ester groups is 1. The number of furan rings is 1. The number of alkyl halides is 2. The van der Waals surface area contributed by atoms with Crippen LogP contribution in [-0.2, 0) is 29.7 Å². The van der Waals surface area contributed by atoms with E-state index in [1.54, 1.807) is 18.2 Å². The van der Waals surface area contributed by atoms with Crippen LogP contribution >= 0.6 is 7.82 Å². The highest BCUT2D eigenvalue weighted by atomic mass is 31.2. The minimum Gasteiger partial charge on any atom is -0.497 e. The molecule has 39 heavy (non-hydrogen) atoms. The molecule has 1 aliphatic heterocycles. The van der Waals surface area contributed by atoms with Crippen molar-refractivity contribution >= 4 is 30.7 Å². The van der Waals surface area contributed by atoms with Gasteiger partial charge in [0.15, 0.2) is 17.9 Å². The van der Waals surface area contributed by atoms with Crippen molar-refractivity contribution < 1.29 is 55.4 Å². The third-order valence-corrected chi connectivity index (χ3v) is 6.49. The molecule has 212 valence electrons. The van der Waals surface area contributed by atoms with Crippen LogP contribution in [0, 0.1) is 0 Å². The van der Waals surface area contributed by atoms with Crippen LogP contribution in [0.2, 0.25) is 0 Å². The first-order valence-corrected chi connectivity index (χ1v) is 12.7. The highest BCUT2D eigenvalue weighted by Gasteiger charge is 2.52. The van der Waals surface area contributed by atoms with Crippen molar-refractivity contribution in [3.8, 4) is 11.5 Å². The number of hydrogen-bond donors (Lipinski definition) is 2. The van der Waals surface area contributed by atoms with Gasteiger partial charge in [-0.1, -0.05) is 0 Å². The summed E-state index contributed by atoms with van der Waals surface area (Å²) in [6.45, 7) is -0.953. The number of hydrogen-bond acceptors (Lipinski definition) is 11. The Balaban J connectivity index is 1.38. The zero-order valence-corrected chi connectivity index (χ0v) is 21.7. The fraction of sp³-hybridized carbons (Fsp3) is 0.409. The highest BCUT2D eigenvalue weighted by molar-refractivity contribution is 7.47. The zero-order valence-electron chi connectivity index (χ0n) is 20.8. The Kier molecular flexibility index (Phi) is 8.23. The van der Waals surface area contributed by atoms with Gasteiger partial charge in [-0.3, -0.25) is 18.9 Å². The van der Waals surface area contributed by atoms with Gasteiger partial charge in [0.2, 0.25) is 6.23 Å². The zero-order chi connectivity index (χ0) is 28.4. The van der Waals surface area contributed by atoms with E-state index >= 15 is 0 Å². The van der Waals surface area contributed by atoms with E-state index in [0.29, 0.717) is 27.0 Å². The van der Waals surface area contributed by atoms with Crippen molar-refractivity contribution in [2.24, 2.45) is 0 Å². The molecule has 0 spiro atoms. The average Bonchev–Trinajstić information content (AvgIpc) is 3.45. The molecule has 2 N–H and O–H groups in total. The van der Waals surface area contributed by atoms with Crippen LogP contribution in [0.5, 0.6) is 11.5 Å². The van der Waals surface area contributed by atoms with E-state index in [0.717, 1.165) is 19.4 Å². The standard InChI is InChI=1S/C22H24F2N3O11P/c1-32-13-6-12-7-14(37-18(12)16(8-13)33-2)10-35-21(29)26-17-4-5-27(20(28)25-17)19-22(23,24)9-15(38-19)11-36-39(30,31)34-3/h4-8,15,19H,9-11H2,1-3H3,(H,30,31)(H,25,26,28,29)/t15-,19+/m0/s1. The number of benzene rings is 1. The third-order valence-electron chi connectivity index (χ3n) is 5.56. The Morgan fingerprint density at radius 3 is 2.72 bits per heavy atom. The first-order chi connectivity index (χ1) is 18.4. The van der Waals surface area contributed by atoms with Crippen molar-refractivity contribution in [2.75, 3.05) is 33.3 Å². The van der Waals surface area contributed by atoms with Gasteiger partial charge in [0.1, 0.15) is 17.3 Å². The Labute approximate surface area is 218 Å². The molecule has 1 amide bonds. The number of nitrogens with zero attached hydrogens (tertiary/aromatic N) is 2. The Morgan fingerprint density at radius 2 is 2.05 bits per heavy atom. The van der Waals surface area contributed by atoms with Gasteiger partial charge in [-0.15, -0.1) is 0 Å². The van der Waals surface area contributed by atoms with Crippen LogP contribution in [0.25, 0.3) is 11.0 Å². The monoisotopic (exact) mass is 575 g/mol. The lowest BCUT2D eigenvalue weighted by atomic mass is 10.2. The fourth-order valence-corrected chi connectivity index (χ4v) is 4.22. The molecule has 0 radical (unpaired) electrons. The molecule has 1 aromatic carbocycles. The molecule has 1 saturated heterocycles. The number of ether oxygens (including phenoxy) is 4. The maximum absolute atomic E-state index is 14.5. The van der Waals surface area contributed by atoms with E-state index in [9.17, 15) is 27.8 Å². The fourth-order valence-electron chi connectivity index (χ4n) is 3.76. The van der Waals surface area contributed by atoms with Crippen LogP contribution in [0.1, 0.15) is 18.4 Å². The summed E-state index contributed by atoms with van der Waals surface area (Å²) in [7, 11) is -0.524. The number of phosphoric acid groups is 1. The number of halogens is 2. The minimum absolute atomic E-state index is 0.264. The van der Waals surface area contributed by atoms with E-state index in [2.05, 4.69) is 19.3 Å². The normalized spacial score (nSPS) is 19.9. The van der Waals surface area contributed by atoms with Crippen LogP contribution in [0.3, 0.4) is 0 Å². The van der Waals surface area contributed by atoms with Crippen molar-refractivity contribution in [2.45, 2.75) is 31.3 Å². The predicted octanol–water partition coefficient (Wildman–Crippen LogP) is 3.44. The number of amides is 1. The third kappa shape index (κ3) is 6.54. The maximum Gasteiger partial charge on any atom is 0.472 e. The number of carbonyl (C=O) groups is 1. The quantitative estimate of drug-likeness (QED) is 0.338. The lowest BCUT2D eigenvalue weighted by Crippen LogP contribution is -2.35. The molecule has 0 aliphatic carbocycles. The first-order valence-electron chi connectivity index (χ1n) is 11.2. The number of nitrogens with one attached hydrogen (secondary N) is 1. The summed E-state index contributed by atoms with van der Waals surface area (Å²) in [6.07, 6.45) is -4.29. The van der Waals surface area contributed by atoms with Crippen LogP contribution in [-0.4, -0.2) is 60.5 Å². The molecule has 1 aliphatic rings. The van der Waals surface area contributed by atoms with Crippen LogP contribution in [0.4, 0.5) is 19.4 Å². The number of fused-ring (bicyclic) bond motifs is 1. The molecule has 0 saturated carbocycles. The predicted molar refractivity (Wildman–Crippen MR) is 128 cm³/mol. The molecule has 3 heterocycles. The van der Waals surface area contributed by atoms with E-state index < -0.39 is 50.9 Å². The smallest absolute Gasteiger partial charge is 0.472 e. The summed E-state index contributed by atoms with van der Waals surface area (Å²) in [5, 5.41) is 2.88. The number of methoxy groups -OCH3 is 2. The van der Waals surface area contributed by atoms with Gasteiger partial charge in [0, 0.05) is 31.2 Å². The molecule has 2 aromatic heterocycles. The first kappa shape index (κ1) is 28.4. The summed E-state index contributed by atoms with van der Waals surface area (Å²) < 4.78 is 76.2. The van der Waals surface area contributed by atoms with E-state index in [1.165, 1.54) is 14.2 Å². The second-order valence-corrected chi connectivity index (χ2v) is 9.75. The SMILES string of the molecule is COc1cc(OC)c2oc(COC(=O)Nc3ccn([C@@H]4O[C@H](COP(=O)(O)OC)CC4(F)F)c(=O)n3)cc2c1. The summed E-state index contributed by atoms with van der Waals surface area (Å²) in [5.41, 5.74) is -0.728. The van der Waals surface area contributed by atoms with Gasteiger partial charge in [-0.05, 0) is 18.2 Å². The molecule has 3 atom stereocenters. The summed E-state index contributed by atoms with van der Waals surface area (Å²) in [5.74, 6) is -2.54. The summed E-state index contributed by atoms with van der Waals surface area (Å²) in [6, 6.07) is 6.06. The number of carbonyl (C=O) groups excluding carboxylic acids is 1. The van der Waals surface area contributed by atoms with Crippen LogP contribution < -0.4 is 20.5 Å². The van der Waals surface area contributed by atoms with Gasteiger partial charge in [0.25, 0.3) is 5.92 Å². The molecule has 14 nitrogen and oxygen atoms in total. The Morgan fingerprint density at radius 1 is 1.28 bits per heavy atom. The largest absolute Gasteiger partial charge is 0.497 e. The Bertz CT molecular complexity index is 1460. The molecule has 17 heteroatoms. The minimum atomic E-state index is -4.40. The second-order valence-electron chi connectivity index (χ2n) is 8.19. The number of aromatic nitrogens is 2. The Hall–Kier alpha value is -3.56.